The Morgan fingerprint density at radius 3 is 2.22 bits per heavy atom. The van der Waals surface area contributed by atoms with Crippen LogP contribution in [0.2, 0.25) is 0 Å². The van der Waals surface area contributed by atoms with Gasteiger partial charge in [-0.1, -0.05) is 25.0 Å². The van der Waals surface area contributed by atoms with Crippen LogP contribution in [0.4, 0.5) is 39.7 Å². The van der Waals surface area contributed by atoms with Crippen molar-refractivity contribution in [2.75, 3.05) is 33.5 Å². The van der Waals surface area contributed by atoms with E-state index in [2.05, 4.69) is 36.2 Å². The molecule has 0 atom stereocenters. The summed E-state index contributed by atoms with van der Waals surface area (Å²) in [5, 5.41) is 12.7. The average Bonchev–Trinajstić information content (AvgIpc) is 3.33. The maximum Gasteiger partial charge on any atom is 0.412 e. The van der Waals surface area contributed by atoms with Gasteiger partial charge in [0.2, 0.25) is 17.8 Å². The Labute approximate surface area is 217 Å². The number of ether oxygens (including phenoxy) is 1. The fourth-order valence-corrected chi connectivity index (χ4v) is 4.02. The van der Waals surface area contributed by atoms with Crippen molar-refractivity contribution in [3.8, 4) is 0 Å². The van der Waals surface area contributed by atoms with E-state index >= 15 is 0 Å². The predicted molar refractivity (Wildman–Crippen MR) is 148 cm³/mol. The highest BCUT2D eigenvalue weighted by molar-refractivity contribution is 5.85. The van der Waals surface area contributed by atoms with Gasteiger partial charge in [-0.2, -0.15) is 15.0 Å². The number of anilines is 6. The second-order valence-corrected chi connectivity index (χ2v) is 10.2. The molecule has 1 aliphatic carbocycles. The minimum Gasteiger partial charge on any atom is -0.444 e. The van der Waals surface area contributed by atoms with Gasteiger partial charge < -0.3 is 26.4 Å². The van der Waals surface area contributed by atoms with Crippen LogP contribution in [0.25, 0.3) is 0 Å². The maximum absolute atomic E-state index is 12.0. The molecule has 10 nitrogen and oxygen atoms in total. The molecule has 1 aliphatic rings. The fourth-order valence-electron chi connectivity index (χ4n) is 4.02. The molecule has 196 valence electrons. The molecule has 0 aliphatic heterocycles. The van der Waals surface area contributed by atoms with Crippen molar-refractivity contribution in [2.24, 2.45) is 0 Å². The minimum absolute atomic E-state index is 0.371. The zero-order valence-electron chi connectivity index (χ0n) is 21.7. The van der Waals surface area contributed by atoms with Crippen LogP contribution in [0.1, 0.15) is 52.0 Å². The standard InChI is InChI=1S/C27H36N8O2/c1-27(2,3)37-26(36)32-22-14-12-21(13-15-22)31-25-34-23(29-17-16-18-8-10-19(28)11-9-18)33-24(35-25)30-20-6-4-5-7-20/h8-15,20H,4-7,16-17,28H2,1-3H3,(H,32,36)(H3,29,30,31,33,34,35). The van der Waals surface area contributed by atoms with E-state index in [1.54, 1.807) is 12.1 Å². The molecule has 10 heteroatoms. The van der Waals surface area contributed by atoms with Crippen molar-refractivity contribution in [3.05, 3.63) is 54.1 Å². The van der Waals surface area contributed by atoms with E-state index in [0.29, 0.717) is 36.1 Å². The van der Waals surface area contributed by atoms with E-state index in [9.17, 15) is 4.79 Å². The molecule has 0 radical (unpaired) electrons. The first kappa shape index (κ1) is 26.0. The Morgan fingerprint density at radius 2 is 1.54 bits per heavy atom. The Hall–Kier alpha value is -4.08. The number of carbonyl (C=O) groups excluding carboxylic acids is 1. The Morgan fingerprint density at radius 1 is 0.919 bits per heavy atom. The molecule has 1 fully saturated rings. The lowest BCUT2D eigenvalue weighted by molar-refractivity contribution is 0.0636. The molecule has 1 heterocycles. The van der Waals surface area contributed by atoms with Crippen LogP contribution in [-0.4, -0.2) is 39.2 Å². The van der Waals surface area contributed by atoms with Crippen LogP contribution in [0.15, 0.2) is 48.5 Å². The molecule has 0 bridgehead atoms. The van der Waals surface area contributed by atoms with Gasteiger partial charge in [0, 0.05) is 29.6 Å². The van der Waals surface area contributed by atoms with E-state index in [0.717, 1.165) is 30.6 Å². The Balaban J connectivity index is 1.42. The van der Waals surface area contributed by atoms with Crippen LogP contribution in [0.3, 0.4) is 0 Å². The molecular formula is C27H36N8O2. The molecular weight excluding hydrogens is 468 g/mol. The Kier molecular flexibility index (Phi) is 8.27. The van der Waals surface area contributed by atoms with Gasteiger partial charge >= 0.3 is 6.09 Å². The summed E-state index contributed by atoms with van der Waals surface area (Å²) in [6.45, 7) is 6.14. The van der Waals surface area contributed by atoms with Crippen LogP contribution in [-0.2, 0) is 11.2 Å². The van der Waals surface area contributed by atoms with Gasteiger partial charge in [-0.3, -0.25) is 5.32 Å². The predicted octanol–water partition coefficient (Wildman–Crippen LogP) is 5.55. The van der Waals surface area contributed by atoms with E-state index in [4.69, 9.17) is 10.5 Å². The highest BCUT2D eigenvalue weighted by Crippen LogP contribution is 2.23. The number of rotatable bonds is 9. The van der Waals surface area contributed by atoms with Gasteiger partial charge in [0.1, 0.15) is 5.60 Å². The molecule has 6 N–H and O–H groups in total. The van der Waals surface area contributed by atoms with E-state index in [1.807, 2.05) is 57.2 Å². The van der Waals surface area contributed by atoms with Gasteiger partial charge in [0.05, 0.1) is 0 Å². The highest BCUT2D eigenvalue weighted by atomic mass is 16.6. The SMILES string of the molecule is CC(C)(C)OC(=O)Nc1ccc(Nc2nc(NCCc3ccc(N)cc3)nc(NC3CCCC3)n2)cc1. The molecule has 3 aromatic rings. The number of nitrogens with two attached hydrogens (primary N) is 1. The molecule has 1 saturated carbocycles. The number of amides is 1. The molecule has 0 spiro atoms. The van der Waals surface area contributed by atoms with Crippen molar-refractivity contribution in [1.29, 1.82) is 0 Å². The quantitative estimate of drug-likeness (QED) is 0.237. The van der Waals surface area contributed by atoms with Crippen LogP contribution >= 0.6 is 0 Å². The average molecular weight is 505 g/mol. The molecule has 1 aromatic heterocycles. The number of nitrogens with zero attached hydrogens (tertiary/aromatic N) is 3. The molecule has 0 saturated heterocycles. The summed E-state index contributed by atoms with van der Waals surface area (Å²) in [6.07, 6.45) is 4.96. The highest BCUT2D eigenvalue weighted by Gasteiger charge is 2.18. The first-order chi connectivity index (χ1) is 17.7. The third-order valence-electron chi connectivity index (χ3n) is 5.79. The first-order valence-corrected chi connectivity index (χ1v) is 12.7. The number of nitrogens with one attached hydrogen (secondary N) is 4. The molecule has 2 aromatic carbocycles. The van der Waals surface area contributed by atoms with Gasteiger partial charge in [-0.25, -0.2) is 4.79 Å². The number of hydrogen-bond donors (Lipinski definition) is 5. The van der Waals surface area contributed by atoms with Crippen molar-refractivity contribution in [2.45, 2.75) is 64.5 Å². The van der Waals surface area contributed by atoms with Crippen molar-refractivity contribution >= 4 is 41.0 Å². The minimum atomic E-state index is -0.560. The topological polar surface area (TPSA) is 139 Å². The van der Waals surface area contributed by atoms with E-state index in [-0.39, 0.29) is 0 Å². The second-order valence-electron chi connectivity index (χ2n) is 10.2. The van der Waals surface area contributed by atoms with Gasteiger partial charge in [-0.15, -0.1) is 0 Å². The number of nitrogen functional groups attached to an aromatic ring is 1. The van der Waals surface area contributed by atoms with Gasteiger partial charge in [-0.05, 0) is 82.0 Å². The number of aromatic nitrogens is 3. The maximum atomic E-state index is 12.0. The summed E-state index contributed by atoms with van der Waals surface area (Å²) in [5.41, 5.74) is 8.56. The lowest BCUT2D eigenvalue weighted by atomic mass is 10.1. The lowest BCUT2D eigenvalue weighted by Crippen LogP contribution is -2.27. The smallest absolute Gasteiger partial charge is 0.412 e. The van der Waals surface area contributed by atoms with Crippen LogP contribution < -0.4 is 27.0 Å². The first-order valence-electron chi connectivity index (χ1n) is 12.7. The summed E-state index contributed by atoms with van der Waals surface area (Å²) >= 11 is 0. The van der Waals surface area contributed by atoms with Crippen LogP contribution in [0, 0.1) is 0 Å². The number of benzene rings is 2. The van der Waals surface area contributed by atoms with Gasteiger partial charge in [0.25, 0.3) is 0 Å². The largest absolute Gasteiger partial charge is 0.444 e. The summed E-state index contributed by atoms with van der Waals surface area (Å²) in [5.74, 6) is 1.47. The van der Waals surface area contributed by atoms with E-state index in [1.165, 1.54) is 18.4 Å². The second kappa shape index (κ2) is 11.8. The number of hydrogen-bond acceptors (Lipinski definition) is 9. The molecule has 1 amide bonds. The van der Waals surface area contributed by atoms with Crippen molar-refractivity contribution in [1.82, 2.24) is 15.0 Å². The fraction of sp³-hybridized carbons (Fsp3) is 0.407. The normalized spacial score (nSPS) is 13.7. The molecule has 37 heavy (non-hydrogen) atoms. The summed E-state index contributed by atoms with van der Waals surface area (Å²) < 4.78 is 5.30. The zero-order chi connectivity index (χ0) is 26.3. The molecule has 4 rings (SSSR count). The third-order valence-corrected chi connectivity index (χ3v) is 5.79. The zero-order valence-corrected chi connectivity index (χ0v) is 21.7. The summed E-state index contributed by atoms with van der Waals surface area (Å²) in [4.78, 5) is 25.8. The monoisotopic (exact) mass is 504 g/mol. The lowest BCUT2D eigenvalue weighted by Gasteiger charge is -2.19. The Bertz CT molecular complexity index is 1170. The van der Waals surface area contributed by atoms with Crippen LogP contribution in [0.5, 0.6) is 0 Å². The third kappa shape index (κ3) is 8.52. The number of carbonyl (C=O) groups is 1. The summed E-state index contributed by atoms with van der Waals surface area (Å²) in [6, 6.07) is 15.5. The molecule has 0 unspecified atom stereocenters. The van der Waals surface area contributed by atoms with Crippen molar-refractivity contribution < 1.29 is 9.53 Å². The van der Waals surface area contributed by atoms with Crippen molar-refractivity contribution in [3.63, 3.8) is 0 Å². The van der Waals surface area contributed by atoms with E-state index < -0.39 is 11.7 Å². The summed E-state index contributed by atoms with van der Waals surface area (Å²) in [7, 11) is 0. The van der Waals surface area contributed by atoms with Gasteiger partial charge in [0.15, 0.2) is 0 Å².